The van der Waals surface area contributed by atoms with Crippen LogP contribution in [0.5, 0.6) is 0 Å². The van der Waals surface area contributed by atoms with Gasteiger partial charge in [-0.3, -0.25) is 4.79 Å². The second-order valence-electron chi connectivity index (χ2n) is 6.48. The molecule has 0 bridgehead atoms. The summed E-state index contributed by atoms with van der Waals surface area (Å²) in [5, 5.41) is 2.51. The van der Waals surface area contributed by atoms with Crippen molar-refractivity contribution in [2.24, 2.45) is 11.7 Å². The number of nitrogens with one attached hydrogen (secondary N) is 1. The van der Waals surface area contributed by atoms with Crippen molar-refractivity contribution in [2.75, 3.05) is 5.32 Å². The number of urea groups is 1. The summed E-state index contributed by atoms with van der Waals surface area (Å²) in [6.45, 7) is 2.15. The maximum Gasteiger partial charge on any atom is 0.316 e. The van der Waals surface area contributed by atoms with E-state index in [2.05, 4.69) is 17.1 Å². The topological polar surface area (TPSA) is 75.4 Å². The number of nitrogens with two attached hydrogens (primary N) is 1. The normalized spacial score (nSPS) is 27.3. The van der Waals surface area contributed by atoms with Crippen molar-refractivity contribution in [3.8, 4) is 0 Å². The minimum atomic E-state index is -0.600. The molecule has 22 heavy (non-hydrogen) atoms. The molecule has 0 aromatic heterocycles. The number of hydrogen-bond acceptors (Lipinski definition) is 2. The molecule has 1 aliphatic carbocycles. The fourth-order valence-electron chi connectivity index (χ4n) is 4.05. The maximum absolute atomic E-state index is 12.9. The molecule has 1 heterocycles. The summed E-state index contributed by atoms with van der Waals surface area (Å²) in [5.41, 5.74) is 6.37. The molecule has 1 aromatic rings. The van der Waals surface area contributed by atoms with Crippen molar-refractivity contribution in [3.63, 3.8) is 0 Å². The van der Waals surface area contributed by atoms with Gasteiger partial charge in [0.2, 0.25) is 0 Å². The predicted octanol–water partition coefficient (Wildman–Crippen LogP) is 2.97. The molecule has 0 unspecified atom stereocenters. The fraction of sp³-hybridized carbons (Fsp3) is 0.529. The second kappa shape index (κ2) is 5.99. The Morgan fingerprint density at radius 2 is 1.86 bits per heavy atom. The van der Waals surface area contributed by atoms with Gasteiger partial charge in [-0.2, -0.15) is 0 Å². The van der Waals surface area contributed by atoms with Crippen LogP contribution in [0.4, 0.5) is 10.5 Å². The number of carbonyl (C=O) groups excluding carboxylic acids is 2. The Hall–Kier alpha value is -2.04. The molecule has 0 spiro atoms. The van der Waals surface area contributed by atoms with E-state index in [4.69, 9.17) is 5.73 Å². The van der Waals surface area contributed by atoms with Gasteiger partial charge < -0.3 is 16.0 Å². The Morgan fingerprint density at radius 1 is 1.18 bits per heavy atom. The van der Waals surface area contributed by atoms with Crippen LogP contribution in [-0.2, 0) is 0 Å². The Morgan fingerprint density at radius 3 is 2.55 bits per heavy atom. The highest BCUT2D eigenvalue weighted by atomic mass is 16.2. The smallest absolute Gasteiger partial charge is 0.316 e. The van der Waals surface area contributed by atoms with Crippen LogP contribution in [0.3, 0.4) is 0 Å². The number of hydrogen-bond donors (Lipinski definition) is 2. The molecule has 3 N–H and O–H groups in total. The number of anilines is 1. The lowest BCUT2D eigenvalue weighted by Crippen LogP contribution is -2.42. The number of amides is 3. The molecule has 3 rings (SSSR count). The Kier molecular flexibility index (Phi) is 4.05. The van der Waals surface area contributed by atoms with E-state index in [1.54, 1.807) is 24.3 Å². The van der Waals surface area contributed by atoms with Crippen LogP contribution in [0, 0.1) is 5.92 Å². The van der Waals surface area contributed by atoms with Crippen molar-refractivity contribution in [1.29, 1.82) is 0 Å². The molecule has 1 saturated heterocycles. The summed E-state index contributed by atoms with van der Waals surface area (Å²) in [4.78, 5) is 25.8. The average molecular weight is 301 g/mol. The maximum atomic E-state index is 12.9. The molecule has 3 atom stereocenters. The molecular weight excluding hydrogens is 278 g/mol. The van der Waals surface area contributed by atoms with E-state index in [0.29, 0.717) is 29.3 Å². The zero-order valence-electron chi connectivity index (χ0n) is 12.9. The number of benzene rings is 1. The van der Waals surface area contributed by atoms with Crippen molar-refractivity contribution < 1.29 is 9.59 Å². The fourth-order valence-corrected chi connectivity index (χ4v) is 4.05. The summed E-state index contributed by atoms with van der Waals surface area (Å²) in [6, 6.07) is 7.07. The number of nitrogens with zero attached hydrogens (tertiary/aromatic N) is 1. The molecule has 5 heteroatoms. The third kappa shape index (κ3) is 2.80. The van der Waals surface area contributed by atoms with Gasteiger partial charge in [0.05, 0.1) is 0 Å². The van der Waals surface area contributed by atoms with Crippen LogP contribution < -0.4 is 11.1 Å². The third-order valence-corrected chi connectivity index (χ3v) is 4.98. The summed E-state index contributed by atoms with van der Waals surface area (Å²) < 4.78 is 0. The average Bonchev–Trinajstić information content (AvgIpc) is 2.82. The van der Waals surface area contributed by atoms with Crippen molar-refractivity contribution in [3.05, 3.63) is 29.8 Å². The van der Waals surface area contributed by atoms with Gasteiger partial charge in [0.15, 0.2) is 0 Å². The largest absolute Gasteiger partial charge is 0.351 e. The summed E-state index contributed by atoms with van der Waals surface area (Å²) in [7, 11) is 0. The summed E-state index contributed by atoms with van der Waals surface area (Å²) >= 11 is 0. The molecule has 5 nitrogen and oxygen atoms in total. The molecule has 1 aromatic carbocycles. The lowest BCUT2D eigenvalue weighted by molar-refractivity contribution is 0.0633. The van der Waals surface area contributed by atoms with E-state index in [1.807, 2.05) is 0 Å². The Balaban J connectivity index is 1.76. The molecule has 118 valence electrons. The van der Waals surface area contributed by atoms with Crippen molar-refractivity contribution >= 4 is 17.6 Å². The number of likely N-dealkylation sites (tertiary alicyclic amines) is 1. The van der Waals surface area contributed by atoms with E-state index in [9.17, 15) is 9.59 Å². The van der Waals surface area contributed by atoms with Crippen LogP contribution >= 0.6 is 0 Å². The Bertz CT molecular complexity index is 570. The molecule has 2 fully saturated rings. The quantitative estimate of drug-likeness (QED) is 0.881. The number of rotatable bonds is 2. The number of carbonyl (C=O) groups is 2. The molecular formula is C17H23N3O2. The van der Waals surface area contributed by atoms with E-state index in [1.165, 1.54) is 19.3 Å². The first-order valence-electron chi connectivity index (χ1n) is 8.05. The lowest BCUT2D eigenvalue weighted by atomic mass is 9.85. The van der Waals surface area contributed by atoms with Crippen LogP contribution in [-0.4, -0.2) is 28.9 Å². The standard InChI is InChI=1S/C17H23N3O2/c1-11-10-13-4-2-3-5-15(13)20(11)16(21)12-6-8-14(9-7-12)19-17(18)22/h6-9,11,13,15H,2-5,10H2,1H3,(H3,18,19,22)/t11-,13-,15-/m1/s1. The Labute approximate surface area is 130 Å². The van der Waals surface area contributed by atoms with Gasteiger partial charge in [-0.25, -0.2) is 4.79 Å². The second-order valence-corrected chi connectivity index (χ2v) is 6.48. The van der Waals surface area contributed by atoms with Gasteiger partial charge in [-0.1, -0.05) is 12.8 Å². The van der Waals surface area contributed by atoms with Crippen molar-refractivity contribution in [2.45, 2.75) is 51.1 Å². The van der Waals surface area contributed by atoms with Crippen LogP contribution in [0.1, 0.15) is 49.4 Å². The molecule has 0 radical (unpaired) electrons. The van der Waals surface area contributed by atoms with Crippen LogP contribution in [0.25, 0.3) is 0 Å². The molecule has 2 aliphatic rings. The monoisotopic (exact) mass is 301 g/mol. The highest BCUT2D eigenvalue weighted by molar-refractivity contribution is 5.96. The van der Waals surface area contributed by atoms with E-state index >= 15 is 0 Å². The van der Waals surface area contributed by atoms with Crippen LogP contribution in [0.2, 0.25) is 0 Å². The van der Waals surface area contributed by atoms with E-state index in [0.717, 1.165) is 12.8 Å². The van der Waals surface area contributed by atoms with E-state index < -0.39 is 6.03 Å². The highest BCUT2D eigenvalue weighted by Crippen LogP contribution is 2.40. The molecule has 1 aliphatic heterocycles. The lowest BCUT2D eigenvalue weighted by Gasteiger charge is -2.33. The van der Waals surface area contributed by atoms with Crippen LogP contribution in [0.15, 0.2) is 24.3 Å². The minimum absolute atomic E-state index is 0.104. The van der Waals surface area contributed by atoms with E-state index in [-0.39, 0.29) is 5.91 Å². The SMILES string of the molecule is C[C@@H]1C[C@H]2CCCC[C@H]2N1C(=O)c1ccc(NC(N)=O)cc1. The zero-order chi connectivity index (χ0) is 15.7. The molecule has 1 saturated carbocycles. The first kappa shape index (κ1) is 14.9. The van der Waals surface area contributed by atoms with Gasteiger partial charge in [0.1, 0.15) is 0 Å². The minimum Gasteiger partial charge on any atom is -0.351 e. The van der Waals surface area contributed by atoms with Gasteiger partial charge in [0.25, 0.3) is 5.91 Å². The van der Waals surface area contributed by atoms with Gasteiger partial charge >= 0.3 is 6.03 Å². The number of fused-ring (bicyclic) bond motifs is 1. The van der Waals surface area contributed by atoms with Gasteiger partial charge in [0, 0.05) is 23.3 Å². The zero-order valence-corrected chi connectivity index (χ0v) is 12.9. The van der Waals surface area contributed by atoms with Crippen molar-refractivity contribution in [1.82, 2.24) is 4.90 Å². The highest BCUT2D eigenvalue weighted by Gasteiger charge is 2.42. The molecule has 3 amide bonds. The third-order valence-electron chi connectivity index (χ3n) is 4.98. The first-order chi connectivity index (χ1) is 10.6. The summed E-state index contributed by atoms with van der Waals surface area (Å²) in [5.74, 6) is 0.774. The van der Waals surface area contributed by atoms with Gasteiger partial charge in [-0.15, -0.1) is 0 Å². The predicted molar refractivity (Wildman–Crippen MR) is 85.6 cm³/mol. The van der Waals surface area contributed by atoms with Gasteiger partial charge in [-0.05, 0) is 56.4 Å². The first-order valence-corrected chi connectivity index (χ1v) is 8.05. The summed E-state index contributed by atoms with van der Waals surface area (Å²) in [6.07, 6.45) is 6.02. The number of primary amides is 1.